The number of benzene rings is 2. The highest BCUT2D eigenvalue weighted by atomic mass is 19.1. The first-order valence-electron chi connectivity index (χ1n) is 10.2. The smallest absolute Gasteiger partial charge is 0.259 e. The molecule has 29 heavy (non-hydrogen) atoms. The van der Waals surface area contributed by atoms with Gasteiger partial charge in [0.2, 0.25) is 0 Å². The van der Waals surface area contributed by atoms with Gasteiger partial charge in [-0.3, -0.25) is 4.79 Å². The van der Waals surface area contributed by atoms with Crippen LogP contribution in [0.25, 0.3) is 0 Å². The van der Waals surface area contributed by atoms with E-state index in [9.17, 15) is 9.18 Å². The SMILES string of the molecule is COc1cc(C(C)(C)c2ccc(F)cc2)cc(OC)c1C(=O)NC1CCCCC1. The number of nitrogens with one attached hydrogen (secondary N) is 1. The topological polar surface area (TPSA) is 47.6 Å². The Morgan fingerprint density at radius 2 is 1.52 bits per heavy atom. The van der Waals surface area contributed by atoms with E-state index in [2.05, 4.69) is 19.2 Å². The molecule has 3 rings (SSSR count). The fourth-order valence-electron chi connectivity index (χ4n) is 4.03. The largest absolute Gasteiger partial charge is 0.496 e. The van der Waals surface area contributed by atoms with Crippen molar-refractivity contribution in [2.24, 2.45) is 0 Å². The Morgan fingerprint density at radius 3 is 2.03 bits per heavy atom. The molecule has 0 bridgehead atoms. The molecule has 1 amide bonds. The summed E-state index contributed by atoms with van der Waals surface area (Å²) in [5.74, 6) is 0.511. The molecular weight excluding hydrogens is 369 g/mol. The van der Waals surface area contributed by atoms with Gasteiger partial charge in [-0.25, -0.2) is 4.39 Å². The summed E-state index contributed by atoms with van der Waals surface area (Å²) in [6.45, 7) is 4.10. The number of carbonyl (C=O) groups is 1. The summed E-state index contributed by atoms with van der Waals surface area (Å²) in [7, 11) is 3.11. The van der Waals surface area contributed by atoms with Crippen molar-refractivity contribution in [2.45, 2.75) is 57.4 Å². The Kier molecular flexibility index (Phi) is 6.46. The Morgan fingerprint density at radius 1 is 0.966 bits per heavy atom. The zero-order chi connectivity index (χ0) is 21.0. The Bertz CT molecular complexity index is 830. The van der Waals surface area contributed by atoms with Gasteiger partial charge in [-0.15, -0.1) is 0 Å². The van der Waals surface area contributed by atoms with Crippen molar-refractivity contribution in [3.05, 3.63) is 58.9 Å². The van der Waals surface area contributed by atoms with Gasteiger partial charge in [-0.05, 0) is 48.2 Å². The van der Waals surface area contributed by atoms with Crippen molar-refractivity contribution in [1.82, 2.24) is 5.32 Å². The standard InChI is InChI=1S/C24H30FNO3/c1-24(2,16-10-12-18(25)13-11-16)17-14-20(28-3)22(21(15-17)29-4)23(27)26-19-8-6-5-7-9-19/h10-15,19H,5-9H2,1-4H3,(H,26,27). The van der Waals surface area contributed by atoms with E-state index in [0.717, 1.165) is 36.8 Å². The van der Waals surface area contributed by atoms with Crippen LogP contribution < -0.4 is 14.8 Å². The minimum atomic E-state index is -0.424. The number of hydrogen-bond donors (Lipinski definition) is 1. The lowest BCUT2D eigenvalue weighted by atomic mass is 9.77. The van der Waals surface area contributed by atoms with Gasteiger partial charge >= 0.3 is 0 Å². The molecule has 0 aromatic heterocycles. The van der Waals surface area contributed by atoms with Gasteiger partial charge in [-0.2, -0.15) is 0 Å². The minimum absolute atomic E-state index is 0.170. The Labute approximate surface area is 172 Å². The van der Waals surface area contributed by atoms with E-state index in [-0.39, 0.29) is 17.8 Å². The van der Waals surface area contributed by atoms with Gasteiger partial charge in [0.15, 0.2) is 0 Å². The fourth-order valence-corrected chi connectivity index (χ4v) is 4.03. The van der Waals surface area contributed by atoms with Crippen LogP contribution in [0.15, 0.2) is 36.4 Å². The van der Waals surface area contributed by atoms with E-state index in [0.29, 0.717) is 17.1 Å². The number of ether oxygens (including phenoxy) is 2. The predicted molar refractivity (Wildman–Crippen MR) is 112 cm³/mol. The molecule has 2 aromatic carbocycles. The van der Waals surface area contributed by atoms with Crippen LogP contribution in [0.4, 0.5) is 4.39 Å². The maximum atomic E-state index is 13.4. The number of rotatable bonds is 6. The van der Waals surface area contributed by atoms with Gasteiger partial charge in [-0.1, -0.05) is 45.2 Å². The maximum Gasteiger partial charge on any atom is 0.259 e. The van der Waals surface area contributed by atoms with E-state index < -0.39 is 5.41 Å². The van der Waals surface area contributed by atoms with Crippen molar-refractivity contribution in [1.29, 1.82) is 0 Å². The molecule has 1 N–H and O–H groups in total. The van der Waals surface area contributed by atoms with Crippen LogP contribution in [-0.4, -0.2) is 26.2 Å². The van der Waals surface area contributed by atoms with Gasteiger partial charge < -0.3 is 14.8 Å². The highest BCUT2D eigenvalue weighted by molar-refractivity contribution is 6.00. The quantitative estimate of drug-likeness (QED) is 0.723. The van der Waals surface area contributed by atoms with E-state index >= 15 is 0 Å². The lowest BCUT2D eigenvalue weighted by Crippen LogP contribution is -2.36. The second kappa shape index (κ2) is 8.85. The minimum Gasteiger partial charge on any atom is -0.496 e. The van der Waals surface area contributed by atoms with Crippen molar-refractivity contribution in [3.8, 4) is 11.5 Å². The predicted octanol–water partition coefficient (Wildman–Crippen LogP) is 5.23. The summed E-state index contributed by atoms with van der Waals surface area (Å²) in [4.78, 5) is 13.0. The summed E-state index contributed by atoms with van der Waals surface area (Å²) < 4.78 is 24.5. The zero-order valence-electron chi connectivity index (χ0n) is 17.7. The van der Waals surface area contributed by atoms with Crippen LogP contribution in [0.1, 0.15) is 67.4 Å². The molecule has 1 saturated carbocycles. The van der Waals surface area contributed by atoms with Crippen LogP contribution >= 0.6 is 0 Å². The highest BCUT2D eigenvalue weighted by Crippen LogP contribution is 2.39. The van der Waals surface area contributed by atoms with Crippen molar-refractivity contribution >= 4 is 5.91 Å². The summed E-state index contributed by atoms with van der Waals surface area (Å²) in [5, 5.41) is 3.14. The fraction of sp³-hybridized carbons (Fsp3) is 0.458. The van der Waals surface area contributed by atoms with Crippen LogP contribution in [0, 0.1) is 5.82 Å². The van der Waals surface area contributed by atoms with E-state index in [4.69, 9.17) is 9.47 Å². The molecule has 0 spiro atoms. The highest BCUT2D eigenvalue weighted by Gasteiger charge is 2.29. The molecule has 156 valence electrons. The van der Waals surface area contributed by atoms with Crippen molar-refractivity contribution in [3.63, 3.8) is 0 Å². The molecule has 4 nitrogen and oxygen atoms in total. The third-order valence-corrected chi connectivity index (χ3v) is 5.96. The molecule has 1 aliphatic rings. The Balaban J connectivity index is 1.97. The van der Waals surface area contributed by atoms with Gasteiger partial charge in [0.1, 0.15) is 22.9 Å². The molecule has 0 atom stereocenters. The molecule has 1 fully saturated rings. The van der Waals surface area contributed by atoms with Gasteiger partial charge in [0.25, 0.3) is 5.91 Å². The van der Waals surface area contributed by atoms with Gasteiger partial charge in [0.05, 0.1) is 14.2 Å². The van der Waals surface area contributed by atoms with Crippen LogP contribution in [0.2, 0.25) is 0 Å². The third kappa shape index (κ3) is 4.55. The molecule has 0 heterocycles. The number of carbonyl (C=O) groups excluding carboxylic acids is 1. The monoisotopic (exact) mass is 399 g/mol. The zero-order valence-corrected chi connectivity index (χ0v) is 17.7. The Hall–Kier alpha value is -2.56. The molecule has 0 aliphatic heterocycles. The maximum absolute atomic E-state index is 13.4. The van der Waals surface area contributed by atoms with Gasteiger partial charge in [0, 0.05) is 11.5 Å². The second-order valence-corrected chi connectivity index (χ2v) is 8.20. The van der Waals surface area contributed by atoms with Crippen molar-refractivity contribution < 1.29 is 18.7 Å². The molecule has 1 aliphatic carbocycles. The second-order valence-electron chi connectivity index (χ2n) is 8.20. The summed E-state index contributed by atoms with van der Waals surface area (Å²) in [5.41, 5.74) is 1.88. The van der Waals surface area contributed by atoms with E-state index in [1.54, 1.807) is 26.4 Å². The van der Waals surface area contributed by atoms with Crippen LogP contribution in [0.5, 0.6) is 11.5 Å². The third-order valence-electron chi connectivity index (χ3n) is 5.96. The molecule has 0 radical (unpaired) electrons. The molecule has 0 unspecified atom stereocenters. The first kappa shape index (κ1) is 21.2. The number of amides is 1. The summed E-state index contributed by atoms with van der Waals surface area (Å²) in [6, 6.07) is 10.4. The average molecular weight is 400 g/mol. The molecule has 5 heteroatoms. The first-order valence-corrected chi connectivity index (χ1v) is 10.2. The number of halogens is 1. The van der Waals surface area contributed by atoms with Crippen molar-refractivity contribution in [2.75, 3.05) is 14.2 Å². The summed E-state index contributed by atoms with van der Waals surface area (Å²) >= 11 is 0. The molecule has 0 saturated heterocycles. The van der Waals surface area contributed by atoms with E-state index in [1.807, 2.05) is 12.1 Å². The lowest BCUT2D eigenvalue weighted by Gasteiger charge is -2.28. The normalized spacial score (nSPS) is 15.1. The van der Waals surface area contributed by atoms with Crippen LogP contribution in [0.3, 0.4) is 0 Å². The lowest BCUT2D eigenvalue weighted by molar-refractivity contribution is 0.0921. The average Bonchev–Trinajstić information content (AvgIpc) is 2.73. The molecular formula is C24H30FNO3. The van der Waals surface area contributed by atoms with E-state index in [1.165, 1.54) is 18.6 Å². The number of hydrogen-bond acceptors (Lipinski definition) is 3. The molecule has 2 aromatic rings. The number of methoxy groups -OCH3 is 2. The summed E-state index contributed by atoms with van der Waals surface area (Å²) in [6.07, 6.45) is 5.53. The first-order chi connectivity index (χ1) is 13.9. The van der Waals surface area contributed by atoms with Crippen LogP contribution in [-0.2, 0) is 5.41 Å².